The second-order valence-corrected chi connectivity index (χ2v) is 6.36. The van der Waals surface area contributed by atoms with Crippen LogP contribution in [0, 0.1) is 0 Å². The topological polar surface area (TPSA) is 67.8 Å². The van der Waals surface area contributed by atoms with E-state index in [1.165, 1.54) is 6.07 Å². The Bertz CT molecular complexity index is 832. The van der Waals surface area contributed by atoms with Crippen LogP contribution in [0.2, 0.25) is 0 Å². The number of nitrogens with one attached hydrogen (secondary N) is 2. The second-order valence-electron chi connectivity index (χ2n) is 6.36. The Morgan fingerprint density at radius 1 is 1.27 bits per heavy atom. The number of nitrogens with zero attached hydrogens (tertiary/aromatic N) is 2. The molecule has 3 rings (SSSR count). The summed E-state index contributed by atoms with van der Waals surface area (Å²) in [5.41, 5.74) is 0.271. The molecule has 10 heteroatoms. The van der Waals surface area contributed by atoms with Crippen LogP contribution in [0.25, 0.3) is 0 Å². The molecule has 0 fully saturated rings. The quantitative estimate of drug-likeness (QED) is 0.251. The summed E-state index contributed by atoms with van der Waals surface area (Å²) >= 11 is 0. The predicted molar refractivity (Wildman–Crippen MR) is 119 cm³/mol. The number of rotatable bonds is 6. The SMILES string of the molecule is CCNC(=NCCOc1ccc(C(F)(F)F)cn1)NC1CCOc2ccccc21.I. The summed E-state index contributed by atoms with van der Waals surface area (Å²) < 4.78 is 48.7. The van der Waals surface area contributed by atoms with Gasteiger partial charge in [-0.3, -0.25) is 0 Å². The van der Waals surface area contributed by atoms with Gasteiger partial charge in [0.1, 0.15) is 12.4 Å². The zero-order valence-corrected chi connectivity index (χ0v) is 18.7. The van der Waals surface area contributed by atoms with Gasteiger partial charge < -0.3 is 20.1 Å². The van der Waals surface area contributed by atoms with Gasteiger partial charge in [-0.25, -0.2) is 9.98 Å². The number of aliphatic imine (C=N–C) groups is 1. The monoisotopic (exact) mass is 536 g/mol. The van der Waals surface area contributed by atoms with E-state index in [4.69, 9.17) is 9.47 Å². The standard InChI is InChI=1S/C20H23F3N4O2.HI/c1-2-24-19(27-16-9-11-28-17-6-4-3-5-15(16)17)25-10-12-29-18-8-7-14(13-26-18)20(21,22)23;/h3-8,13,16H,2,9-12H2,1H3,(H2,24,25,27);1H. The molecule has 0 bridgehead atoms. The highest BCUT2D eigenvalue weighted by Gasteiger charge is 2.30. The zero-order chi connectivity index (χ0) is 20.7. The van der Waals surface area contributed by atoms with Crippen LogP contribution in [0.15, 0.2) is 47.6 Å². The molecule has 1 aromatic heterocycles. The van der Waals surface area contributed by atoms with E-state index in [2.05, 4.69) is 20.6 Å². The minimum atomic E-state index is -4.41. The molecule has 0 saturated heterocycles. The Labute approximate surface area is 190 Å². The Balaban J connectivity index is 0.00000320. The third-order valence-electron chi connectivity index (χ3n) is 4.29. The van der Waals surface area contributed by atoms with Crippen molar-refractivity contribution < 1.29 is 22.6 Å². The first-order valence-corrected chi connectivity index (χ1v) is 9.40. The van der Waals surface area contributed by atoms with Crippen molar-refractivity contribution in [3.05, 3.63) is 53.7 Å². The van der Waals surface area contributed by atoms with Crippen LogP contribution in [0.1, 0.15) is 30.5 Å². The molecule has 6 nitrogen and oxygen atoms in total. The van der Waals surface area contributed by atoms with Gasteiger partial charge in [-0.2, -0.15) is 13.2 Å². The van der Waals surface area contributed by atoms with E-state index in [1.54, 1.807) is 0 Å². The molecule has 0 amide bonds. The van der Waals surface area contributed by atoms with Gasteiger partial charge in [-0.15, -0.1) is 24.0 Å². The van der Waals surface area contributed by atoms with E-state index in [1.807, 2.05) is 31.2 Å². The second kappa shape index (κ2) is 11.2. The fraction of sp³-hybridized carbons (Fsp3) is 0.400. The summed E-state index contributed by atoms with van der Waals surface area (Å²) in [6, 6.07) is 10.1. The third kappa shape index (κ3) is 6.64. The minimum Gasteiger partial charge on any atom is -0.493 e. The van der Waals surface area contributed by atoms with E-state index in [-0.39, 0.29) is 42.5 Å². The van der Waals surface area contributed by atoms with Gasteiger partial charge in [0.2, 0.25) is 5.88 Å². The van der Waals surface area contributed by atoms with E-state index in [9.17, 15) is 13.2 Å². The Morgan fingerprint density at radius 3 is 2.77 bits per heavy atom. The van der Waals surface area contributed by atoms with E-state index >= 15 is 0 Å². The van der Waals surface area contributed by atoms with Crippen molar-refractivity contribution in [1.82, 2.24) is 15.6 Å². The first-order chi connectivity index (χ1) is 14.0. The average molecular weight is 536 g/mol. The molecule has 0 aliphatic carbocycles. The molecule has 1 aliphatic rings. The molecule has 2 aromatic rings. The van der Waals surface area contributed by atoms with Crippen molar-refractivity contribution in [2.45, 2.75) is 25.6 Å². The molecular weight excluding hydrogens is 512 g/mol. The molecule has 30 heavy (non-hydrogen) atoms. The minimum absolute atomic E-state index is 0. The van der Waals surface area contributed by atoms with Gasteiger partial charge in [0, 0.05) is 30.8 Å². The van der Waals surface area contributed by atoms with Gasteiger partial charge >= 0.3 is 6.18 Å². The van der Waals surface area contributed by atoms with Crippen molar-refractivity contribution in [3.8, 4) is 11.6 Å². The van der Waals surface area contributed by atoms with Crippen molar-refractivity contribution >= 4 is 29.9 Å². The zero-order valence-electron chi connectivity index (χ0n) is 16.4. The van der Waals surface area contributed by atoms with Crippen LogP contribution in [-0.4, -0.2) is 37.2 Å². The molecule has 1 atom stereocenters. The molecule has 0 spiro atoms. The summed E-state index contributed by atoms with van der Waals surface area (Å²) in [7, 11) is 0. The van der Waals surface area contributed by atoms with Crippen LogP contribution in [0.3, 0.4) is 0 Å². The van der Waals surface area contributed by atoms with Crippen LogP contribution in [0.5, 0.6) is 11.6 Å². The van der Waals surface area contributed by atoms with Crippen molar-refractivity contribution in [2.75, 3.05) is 26.3 Å². The first-order valence-electron chi connectivity index (χ1n) is 9.40. The molecule has 1 unspecified atom stereocenters. The lowest BCUT2D eigenvalue weighted by Crippen LogP contribution is -2.41. The summed E-state index contributed by atoms with van der Waals surface area (Å²) in [6.45, 7) is 3.80. The van der Waals surface area contributed by atoms with Gasteiger partial charge in [-0.05, 0) is 19.1 Å². The normalized spacial score (nSPS) is 16.0. The lowest BCUT2D eigenvalue weighted by Gasteiger charge is -2.28. The van der Waals surface area contributed by atoms with Gasteiger partial charge in [-0.1, -0.05) is 18.2 Å². The highest BCUT2D eigenvalue weighted by Crippen LogP contribution is 2.31. The van der Waals surface area contributed by atoms with Crippen molar-refractivity contribution in [3.63, 3.8) is 0 Å². The van der Waals surface area contributed by atoms with Crippen molar-refractivity contribution in [1.29, 1.82) is 0 Å². The Kier molecular flexibility index (Phi) is 9.00. The Morgan fingerprint density at radius 2 is 2.07 bits per heavy atom. The molecule has 164 valence electrons. The molecular formula is C20H24F3IN4O2. The van der Waals surface area contributed by atoms with E-state index < -0.39 is 11.7 Å². The number of benzene rings is 1. The number of para-hydroxylation sites is 1. The summed E-state index contributed by atoms with van der Waals surface area (Å²) in [5.74, 6) is 1.63. The number of aromatic nitrogens is 1. The van der Waals surface area contributed by atoms with E-state index in [0.717, 1.165) is 30.0 Å². The highest BCUT2D eigenvalue weighted by atomic mass is 127. The third-order valence-corrected chi connectivity index (χ3v) is 4.29. The maximum atomic E-state index is 12.6. The number of halogens is 4. The largest absolute Gasteiger partial charge is 0.493 e. The smallest absolute Gasteiger partial charge is 0.417 e. The van der Waals surface area contributed by atoms with E-state index in [0.29, 0.717) is 25.7 Å². The van der Waals surface area contributed by atoms with Crippen LogP contribution in [-0.2, 0) is 6.18 Å². The van der Waals surface area contributed by atoms with Crippen LogP contribution >= 0.6 is 24.0 Å². The van der Waals surface area contributed by atoms with Gasteiger partial charge in [0.05, 0.1) is 24.8 Å². The summed E-state index contributed by atoms with van der Waals surface area (Å²) in [5, 5.41) is 6.58. The van der Waals surface area contributed by atoms with Crippen molar-refractivity contribution in [2.24, 2.45) is 4.99 Å². The fourth-order valence-electron chi connectivity index (χ4n) is 2.92. The fourth-order valence-corrected chi connectivity index (χ4v) is 2.92. The Hall–Kier alpha value is -2.24. The maximum Gasteiger partial charge on any atom is 0.417 e. The molecule has 2 heterocycles. The first kappa shape index (κ1) is 24.0. The van der Waals surface area contributed by atoms with Gasteiger partial charge in [0.15, 0.2) is 5.96 Å². The molecule has 0 saturated carbocycles. The summed E-state index contributed by atoms with van der Waals surface area (Å²) in [4.78, 5) is 8.15. The molecule has 1 aromatic carbocycles. The number of hydrogen-bond donors (Lipinski definition) is 2. The summed E-state index contributed by atoms with van der Waals surface area (Å²) in [6.07, 6.45) is -2.84. The molecule has 0 radical (unpaired) electrons. The number of hydrogen-bond acceptors (Lipinski definition) is 4. The average Bonchev–Trinajstić information content (AvgIpc) is 2.71. The highest BCUT2D eigenvalue weighted by molar-refractivity contribution is 14.0. The predicted octanol–water partition coefficient (Wildman–Crippen LogP) is 4.18. The van der Waals surface area contributed by atoms with Gasteiger partial charge in [0.25, 0.3) is 0 Å². The number of ether oxygens (including phenoxy) is 2. The van der Waals surface area contributed by atoms with Crippen LogP contribution < -0.4 is 20.1 Å². The number of pyridine rings is 1. The lowest BCUT2D eigenvalue weighted by molar-refractivity contribution is -0.137. The maximum absolute atomic E-state index is 12.6. The molecule has 2 N–H and O–H groups in total. The number of guanidine groups is 1. The van der Waals surface area contributed by atoms with Crippen LogP contribution in [0.4, 0.5) is 13.2 Å². The number of fused-ring (bicyclic) bond motifs is 1. The lowest BCUT2D eigenvalue weighted by atomic mass is 10.0. The molecule has 1 aliphatic heterocycles. The number of alkyl halides is 3.